The molecule has 1 aromatic carbocycles. The summed E-state index contributed by atoms with van der Waals surface area (Å²) in [5.41, 5.74) is 0.624. The van der Waals surface area contributed by atoms with E-state index >= 15 is 0 Å². The van der Waals surface area contributed by atoms with Crippen LogP contribution < -0.4 is 0 Å². The number of benzene rings is 1. The van der Waals surface area contributed by atoms with Crippen LogP contribution >= 0.6 is 0 Å². The van der Waals surface area contributed by atoms with Crippen LogP contribution in [0, 0.1) is 5.92 Å². The van der Waals surface area contributed by atoms with Gasteiger partial charge in [0.05, 0.1) is 11.5 Å². The summed E-state index contributed by atoms with van der Waals surface area (Å²) in [4.78, 5) is 0.278. The highest BCUT2D eigenvalue weighted by molar-refractivity contribution is 7.89. The van der Waals surface area contributed by atoms with Crippen molar-refractivity contribution in [2.75, 3.05) is 6.54 Å². The van der Waals surface area contributed by atoms with E-state index in [0.29, 0.717) is 18.0 Å². The zero-order valence-electron chi connectivity index (χ0n) is 11.4. The molecule has 19 heavy (non-hydrogen) atoms. The molecule has 1 heterocycles. The number of aliphatic hydroxyl groups excluding tert-OH is 1. The fourth-order valence-electron chi connectivity index (χ4n) is 2.52. The van der Waals surface area contributed by atoms with Crippen LogP contribution in [0.4, 0.5) is 0 Å². The molecule has 5 heteroatoms. The first-order valence-electron chi connectivity index (χ1n) is 6.67. The number of piperidine rings is 1. The molecule has 0 aliphatic carbocycles. The molecule has 0 radical (unpaired) electrons. The Morgan fingerprint density at radius 2 is 2.05 bits per heavy atom. The van der Waals surface area contributed by atoms with Gasteiger partial charge in [0, 0.05) is 12.6 Å². The van der Waals surface area contributed by atoms with Gasteiger partial charge in [-0.15, -0.1) is 0 Å². The Kier molecular flexibility index (Phi) is 4.28. The normalized spacial score (nSPS) is 25.4. The average molecular weight is 283 g/mol. The molecule has 2 unspecified atom stereocenters. The Labute approximate surface area is 115 Å². The molecule has 4 nitrogen and oxygen atoms in total. The average Bonchev–Trinajstić information content (AvgIpc) is 2.41. The third-order valence-corrected chi connectivity index (χ3v) is 5.72. The van der Waals surface area contributed by atoms with Gasteiger partial charge >= 0.3 is 0 Å². The first kappa shape index (κ1) is 14.5. The molecule has 1 aromatic rings. The molecule has 1 N–H and O–H groups in total. The Hall–Kier alpha value is -0.910. The molecule has 0 amide bonds. The lowest BCUT2D eigenvalue weighted by molar-refractivity contribution is 0.218. The zero-order valence-corrected chi connectivity index (χ0v) is 12.2. The van der Waals surface area contributed by atoms with Crippen LogP contribution in [0.5, 0.6) is 0 Å². The van der Waals surface area contributed by atoms with Gasteiger partial charge in [-0.3, -0.25) is 0 Å². The summed E-state index contributed by atoms with van der Waals surface area (Å²) in [5.74, 6) is 0.395. The maximum atomic E-state index is 12.7. The predicted octanol–water partition coefficient (Wildman–Crippen LogP) is 1.99. The second-order valence-corrected chi connectivity index (χ2v) is 7.30. The molecule has 2 atom stereocenters. The van der Waals surface area contributed by atoms with Gasteiger partial charge in [-0.1, -0.05) is 19.1 Å². The minimum absolute atomic E-state index is 0.0407. The number of hydrogen-bond donors (Lipinski definition) is 1. The monoisotopic (exact) mass is 283 g/mol. The maximum Gasteiger partial charge on any atom is 0.243 e. The highest BCUT2D eigenvalue weighted by atomic mass is 32.2. The summed E-state index contributed by atoms with van der Waals surface area (Å²) in [6.45, 7) is 4.47. The molecule has 1 saturated heterocycles. The van der Waals surface area contributed by atoms with Gasteiger partial charge in [0.2, 0.25) is 10.0 Å². The van der Waals surface area contributed by atoms with Gasteiger partial charge < -0.3 is 5.11 Å². The Balaban J connectivity index is 2.35. The quantitative estimate of drug-likeness (QED) is 0.923. The van der Waals surface area contributed by atoms with E-state index in [2.05, 4.69) is 6.92 Å². The van der Waals surface area contributed by atoms with E-state index in [1.165, 1.54) is 0 Å². The standard InChI is InChI=1S/C14H21NO3S/c1-11-6-7-12(2)15(9-11)19(17,18)14-5-3-4-13(8-14)10-16/h3-5,8,11-12,16H,6-7,9-10H2,1-2H3. The van der Waals surface area contributed by atoms with Crippen molar-refractivity contribution in [2.24, 2.45) is 5.92 Å². The van der Waals surface area contributed by atoms with Crippen LogP contribution in [0.25, 0.3) is 0 Å². The number of rotatable bonds is 3. The molecule has 0 saturated carbocycles. The largest absolute Gasteiger partial charge is 0.392 e. The lowest BCUT2D eigenvalue weighted by atomic mass is 9.97. The summed E-state index contributed by atoms with van der Waals surface area (Å²) >= 11 is 0. The van der Waals surface area contributed by atoms with Crippen molar-refractivity contribution in [1.29, 1.82) is 0 Å². The fourth-order valence-corrected chi connectivity index (χ4v) is 4.37. The van der Waals surface area contributed by atoms with E-state index in [1.807, 2.05) is 6.92 Å². The molecule has 2 rings (SSSR count). The number of nitrogens with zero attached hydrogens (tertiary/aromatic N) is 1. The SMILES string of the molecule is CC1CCC(C)N(S(=O)(=O)c2cccc(CO)c2)C1. The van der Waals surface area contributed by atoms with Crippen LogP contribution in [-0.2, 0) is 16.6 Å². The van der Waals surface area contributed by atoms with Crippen molar-refractivity contribution in [3.05, 3.63) is 29.8 Å². The van der Waals surface area contributed by atoms with E-state index in [4.69, 9.17) is 5.11 Å². The van der Waals surface area contributed by atoms with Gasteiger partial charge in [-0.05, 0) is 43.4 Å². The Morgan fingerprint density at radius 1 is 1.32 bits per heavy atom. The molecular weight excluding hydrogens is 262 g/mol. The van der Waals surface area contributed by atoms with Crippen molar-refractivity contribution in [2.45, 2.75) is 44.2 Å². The number of hydrogen-bond acceptors (Lipinski definition) is 3. The number of sulfonamides is 1. The molecular formula is C14H21NO3S. The minimum Gasteiger partial charge on any atom is -0.392 e. The van der Waals surface area contributed by atoms with Crippen LogP contribution in [0.1, 0.15) is 32.3 Å². The van der Waals surface area contributed by atoms with Gasteiger partial charge in [0.15, 0.2) is 0 Å². The van der Waals surface area contributed by atoms with Gasteiger partial charge in [0.1, 0.15) is 0 Å². The van der Waals surface area contributed by atoms with E-state index < -0.39 is 10.0 Å². The van der Waals surface area contributed by atoms with Crippen molar-refractivity contribution in [3.63, 3.8) is 0 Å². The first-order chi connectivity index (χ1) is 8.95. The topological polar surface area (TPSA) is 57.6 Å². The lowest BCUT2D eigenvalue weighted by Crippen LogP contribution is -2.44. The molecule has 1 aliphatic heterocycles. The molecule has 0 spiro atoms. The van der Waals surface area contributed by atoms with Gasteiger partial charge in [0.25, 0.3) is 0 Å². The minimum atomic E-state index is -3.45. The molecule has 1 aliphatic rings. The second kappa shape index (κ2) is 5.61. The fraction of sp³-hybridized carbons (Fsp3) is 0.571. The van der Waals surface area contributed by atoms with Crippen molar-refractivity contribution in [3.8, 4) is 0 Å². The summed E-state index contributed by atoms with van der Waals surface area (Å²) in [7, 11) is -3.45. The lowest BCUT2D eigenvalue weighted by Gasteiger charge is -2.35. The van der Waals surface area contributed by atoms with Gasteiger partial charge in [-0.2, -0.15) is 4.31 Å². The van der Waals surface area contributed by atoms with Crippen LogP contribution in [0.3, 0.4) is 0 Å². The Bertz CT molecular complexity index is 541. The number of aliphatic hydroxyl groups is 1. The van der Waals surface area contributed by atoms with E-state index in [0.717, 1.165) is 12.8 Å². The van der Waals surface area contributed by atoms with Crippen LogP contribution in [-0.4, -0.2) is 30.4 Å². The maximum absolute atomic E-state index is 12.7. The molecule has 106 valence electrons. The smallest absolute Gasteiger partial charge is 0.243 e. The van der Waals surface area contributed by atoms with Crippen molar-refractivity contribution >= 4 is 10.0 Å². The molecule has 0 aromatic heterocycles. The van der Waals surface area contributed by atoms with E-state index in [1.54, 1.807) is 28.6 Å². The third-order valence-electron chi connectivity index (χ3n) is 3.75. The summed E-state index contributed by atoms with van der Waals surface area (Å²) in [6.07, 6.45) is 1.98. The van der Waals surface area contributed by atoms with E-state index in [9.17, 15) is 8.42 Å². The molecule has 0 bridgehead atoms. The predicted molar refractivity (Wildman–Crippen MR) is 74.1 cm³/mol. The van der Waals surface area contributed by atoms with Gasteiger partial charge in [-0.25, -0.2) is 8.42 Å². The van der Waals surface area contributed by atoms with Crippen LogP contribution in [0.2, 0.25) is 0 Å². The third kappa shape index (κ3) is 2.99. The van der Waals surface area contributed by atoms with Crippen LogP contribution in [0.15, 0.2) is 29.2 Å². The molecule has 1 fully saturated rings. The summed E-state index contributed by atoms with van der Waals surface area (Å²) in [6, 6.07) is 6.60. The van der Waals surface area contributed by atoms with E-state index in [-0.39, 0.29) is 17.5 Å². The summed E-state index contributed by atoms with van der Waals surface area (Å²) < 4.78 is 26.9. The Morgan fingerprint density at radius 3 is 2.74 bits per heavy atom. The summed E-state index contributed by atoms with van der Waals surface area (Å²) in [5, 5.41) is 9.12. The highest BCUT2D eigenvalue weighted by Gasteiger charge is 2.33. The zero-order chi connectivity index (χ0) is 14.0. The van der Waals surface area contributed by atoms with Crippen molar-refractivity contribution in [1.82, 2.24) is 4.31 Å². The second-order valence-electron chi connectivity index (χ2n) is 5.41. The van der Waals surface area contributed by atoms with Crippen molar-refractivity contribution < 1.29 is 13.5 Å². The first-order valence-corrected chi connectivity index (χ1v) is 8.11. The highest BCUT2D eigenvalue weighted by Crippen LogP contribution is 2.28.